The minimum absolute atomic E-state index is 0.302. The van der Waals surface area contributed by atoms with E-state index in [-0.39, 0.29) is 18.2 Å². The predicted octanol–water partition coefficient (Wildman–Crippen LogP) is 4.22. The van der Waals surface area contributed by atoms with E-state index in [1.165, 1.54) is 6.26 Å². The molecule has 0 bridgehead atoms. The van der Waals surface area contributed by atoms with Crippen LogP contribution in [0.5, 0.6) is 0 Å². The Morgan fingerprint density at radius 1 is 1.13 bits per heavy atom. The molecule has 0 unspecified atom stereocenters. The number of nitrogens with one attached hydrogen (secondary N) is 1. The molecule has 2 atom stereocenters. The number of likely N-dealkylation sites (tertiary alicyclic amines) is 1. The van der Waals surface area contributed by atoms with E-state index in [4.69, 9.17) is 4.74 Å². The van der Waals surface area contributed by atoms with E-state index in [2.05, 4.69) is 29.0 Å². The van der Waals surface area contributed by atoms with Gasteiger partial charge in [-0.1, -0.05) is 67.9 Å². The third-order valence-corrected chi connectivity index (χ3v) is 6.31. The number of hydrogen-bond donors (Lipinski definition) is 1. The maximum Gasteiger partial charge on any atom is 0.410 e. The van der Waals surface area contributed by atoms with Crippen LogP contribution in [0, 0.1) is 0 Å². The zero-order chi connectivity index (χ0) is 22.3. The molecule has 1 saturated heterocycles. The first-order valence-corrected chi connectivity index (χ1v) is 12.8. The lowest BCUT2D eigenvalue weighted by molar-refractivity contribution is 0.0638. The number of hydrogen-bond acceptors (Lipinski definition) is 4. The molecule has 2 aromatic rings. The number of rotatable bonds is 8. The normalized spacial score (nSPS) is 19.2. The highest BCUT2D eigenvalue weighted by Gasteiger charge is 2.36. The number of sulfonamides is 1. The quantitative estimate of drug-likeness (QED) is 0.619. The molecule has 2 aromatic carbocycles. The fourth-order valence-corrected chi connectivity index (χ4v) is 4.91. The van der Waals surface area contributed by atoms with Crippen LogP contribution in [-0.2, 0) is 21.2 Å². The largest absolute Gasteiger partial charge is 0.449 e. The van der Waals surface area contributed by atoms with E-state index in [9.17, 15) is 13.2 Å². The van der Waals surface area contributed by atoms with Gasteiger partial charge in [-0.2, -0.15) is 0 Å². The molecular weight excluding hydrogens is 412 g/mol. The summed E-state index contributed by atoms with van der Waals surface area (Å²) in [7, 11) is -3.40. The summed E-state index contributed by atoms with van der Waals surface area (Å²) >= 11 is 0. The molecule has 0 aliphatic carbocycles. The predicted molar refractivity (Wildman–Crippen MR) is 123 cm³/mol. The Balaban J connectivity index is 1.85. The SMILES string of the molecule is CCCCOC(=O)N1CCC[C@H](NS(C)(=O)=O)[C@@H]1Cc1cccc(-c2ccccc2)c1. The van der Waals surface area contributed by atoms with Gasteiger partial charge in [-0.25, -0.2) is 17.9 Å². The Kier molecular flexibility index (Phi) is 8.09. The minimum Gasteiger partial charge on any atom is -0.449 e. The van der Waals surface area contributed by atoms with Gasteiger partial charge in [0.15, 0.2) is 0 Å². The van der Waals surface area contributed by atoms with Crippen molar-refractivity contribution < 1.29 is 17.9 Å². The first-order chi connectivity index (χ1) is 14.9. The Bertz CT molecular complexity index is 963. The van der Waals surface area contributed by atoms with E-state index in [1.54, 1.807) is 4.90 Å². The Morgan fingerprint density at radius 3 is 2.58 bits per heavy atom. The number of carbonyl (C=O) groups excluding carboxylic acids is 1. The lowest BCUT2D eigenvalue weighted by Crippen LogP contribution is -2.57. The fourth-order valence-electron chi connectivity index (χ4n) is 4.09. The second-order valence-electron chi connectivity index (χ2n) is 8.14. The van der Waals surface area contributed by atoms with Gasteiger partial charge in [0.05, 0.1) is 18.9 Å². The number of amides is 1. The summed E-state index contributed by atoms with van der Waals surface area (Å²) in [6.45, 7) is 2.99. The summed E-state index contributed by atoms with van der Waals surface area (Å²) in [6.07, 6.45) is 4.54. The summed E-state index contributed by atoms with van der Waals surface area (Å²) in [4.78, 5) is 14.5. The molecule has 0 spiro atoms. The molecule has 168 valence electrons. The molecule has 1 heterocycles. The van der Waals surface area contributed by atoms with Crippen molar-refractivity contribution in [1.29, 1.82) is 0 Å². The van der Waals surface area contributed by atoms with Crippen molar-refractivity contribution >= 4 is 16.1 Å². The highest BCUT2D eigenvalue weighted by molar-refractivity contribution is 7.88. The Hall–Kier alpha value is -2.38. The standard InChI is InChI=1S/C24H32N2O4S/c1-3-4-16-30-24(27)26-15-9-14-22(25-31(2,28)29)23(26)18-19-10-8-13-21(17-19)20-11-6-5-7-12-20/h5-8,10-13,17,22-23,25H,3-4,9,14-16,18H2,1-2H3/t22-,23-/m0/s1. The first kappa shape index (κ1) is 23.3. The number of piperidine rings is 1. The van der Waals surface area contributed by atoms with Crippen molar-refractivity contribution in [1.82, 2.24) is 9.62 Å². The van der Waals surface area contributed by atoms with Crippen molar-refractivity contribution in [3.8, 4) is 11.1 Å². The summed E-state index contributed by atoms with van der Waals surface area (Å²) in [5.41, 5.74) is 3.27. The van der Waals surface area contributed by atoms with Gasteiger partial charge >= 0.3 is 6.09 Å². The lowest BCUT2D eigenvalue weighted by Gasteiger charge is -2.40. The van der Waals surface area contributed by atoms with Gasteiger partial charge < -0.3 is 9.64 Å². The number of ether oxygens (including phenoxy) is 1. The van der Waals surface area contributed by atoms with E-state index >= 15 is 0 Å². The van der Waals surface area contributed by atoms with Gasteiger partial charge in [0, 0.05) is 12.6 Å². The minimum atomic E-state index is -3.40. The third-order valence-electron chi connectivity index (χ3n) is 5.58. The smallest absolute Gasteiger partial charge is 0.410 e. The molecule has 1 aliphatic heterocycles. The van der Waals surface area contributed by atoms with Crippen molar-refractivity contribution in [3.05, 3.63) is 60.2 Å². The Morgan fingerprint density at radius 2 is 1.87 bits per heavy atom. The number of carbonyl (C=O) groups is 1. The van der Waals surface area contributed by atoms with Gasteiger partial charge in [0.2, 0.25) is 10.0 Å². The highest BCUT2D eigenvalue weighted by atomic mass is 32.2. The van der Waals surface area contributed by atoms with Gasteiger partial charge in [-0.05, 0) is 42.4 Å². The van der Waals surface area contributed by atoms with Crippen molar-refractivity contribution in [2.45, 2.75) is 51.1 Å². The molecule has 0 radical (unpaired) electrons. The number of benzene rings is 2. The van der Waals surface area contributed by atoms with Crippen LogP contribution in [0.1, 0.15) is 38.2 Å². The molecule has 3 rings (SSSR count). The van der Waals surface area contributed by atoms with Crippen LogP contribution in [0.4, 0.5) is 4.79 Å². The van der Waals surface area contributed by atoms with Crippen LogP contribution in [-0.4, -0.2) is 50.9 Å². The topological polar surface area (TPSA) is 75.7 Å². The summed E-state index contributed by atoms with van der Waals surface area (Å²) in [5.74, 6) is 0. The van der Waals surface area contributed by atoms with E-state index in [0.717, 1.165) is 36.0 Å². The molecule has 1 fully saturated rings. The summed E-state index contributed by atoms with van der Waals surface area (Å²) < 4.78 is 32.2. The van der Waals surface area contributed by atoms with Gasteiger partial charge in [0.25, 0.3) is 0 Å². The van der Waals surface area contributed by atoms with E-state index < -0.39 is 10.0 Å². The van der Waals surface area contributed by atoms with Crippen molar-refractivity contribution in [2.24, 2.45) is 0 Å². The number of nitrogens with zero attached hydrogens (tertiary/aromatic N) is 1. The lowest BCUT2D eigenvalue weighted by atomic mass is 9.90. The second-order valence-corrected chi connectivity index (χ2v) is 9.92. The molecular formula is C24H32N2O4S. The zero-order valence-electron chi connectivity index (χ0n) is 18.3. The van der Waals surface area contributed by atoms with Crippen molar-refractivity contribution in [3.63, 3.8) is 0 Å². The second kappa shape index (κ2) is 10.8. The average Bonchev–Trinajstić information content (AvgIpc) is 2.75. The summed E-state index contributed by atoms with van der Waals surface area (Å²) in [6, 6.07) is 17.7. The van der Waals surface area contributed by atoms with Crippen LogP contribution >= 0.6 is 0 Å². The van der Waals surface area contributed by atoms with Crippen LogP contribution in [0.15, 0.2) is 54.6 Å². The number of unbranched alkanes of at least 4 members (excludes halogenated alkanes) is 1. The molecule has 1 N–H and O–H groups in total. The molecule has 0 saturated carbocycles. The van der Waals surface area contributed by atoms with Crippen LogP contribution < -0.4 is 4.72 Å². The molecule has 1 aliphatic rings. The fraction of sp³-hybridized carbons (Fsp3) is 0.458. The molecule has 6 nitrogen and oxygen atoms in total. The van der Waals surface area contributed by atoms with Crippen molar-refractivity contribution in [2.75, 3.05) is 19.4 Å². The summed E-state index contributed by atoms with van der Waals surface area (Å²) in [5, 5.41) is 0. The average molecular weight is 445 g/mol. The van der Waals surface area contributed by atoms with Crippen LogP contribution in [0.3, 0.4) is 0 Å². The third kappa shape index (κ3) is 6.80. The first-order valence-electron chi connectivity index (χ1n) is 10.9. The van der Waals surface area contributed by atoms with Gasteiger partial charge in [-0.3, -0.25) is 0 Å². The monoisotopic (exact) mass is 444 g/mol. The maximum atomic E-state index is 12.8. The molecule has 1 amide bonds. The van der Waals surface area contributed by atoms with E-state index in [1.807, 2.05) is 37.3 Å². The van der Waals surface area contributed by atoms with Crippen LogP contribution in [0.25, 0.3) is 11.1 Å². The molecule has 7 heteroatoms. The molecule has 31 heavy (non-hydrogen) atoms. The maximum absolute atomic E-state index is 12.8. The van der Waals surface area contributed by atoms with Gasteiger partial charge in [-0.15, -0.1) is 0 Å². The highest BCUT2D eigenvalue weighted by Crippen LogP contribution is 2.26. The molecule has 0 aromatic heterocycles. The van der Waals surface area contributed by atoms with Gasteiger partial charge in [0.1, 0.15) is 0 Å². The van der Waals surface area contributed by atoms with E-state index in [0.29, 0.717) is 26.0 Å². The Labute approximate surface area is 185 Å². The zero-order valence-corrected chi connectivity index (χ0v) is 19.1. The van der Waals surface area contributed by atoms with Crippen LogP contribution in [0.2, 0.25) is 0 Å².